The van der Waals surface area contributed by atoms with E-state index in [2.05, 4.69) is 19.7 Å². The van der Waals surface area contributed by atoms with Crippen LogP contribution in [0, 0.1) is 6.57 Å². The van der Waals surface area contributed by atoms with E-state index in [4.69, 9.17) is 20.8 Å². The molecular formula is C25H29N5O4. The van der Waals surface area contributed by atoms with Gasteiger partial charge in [-0.2, -0.15) is 0 Å². The minimum atomic E-state index is -0.227. The van der Waals surface area contributed by atoms with Gasteiger partial charge in [-0.3, -0.25) is 4.79 Å². The number of anilines is 1. The third-order valence-electron chi connectivity index (χ3n) is 5.74. The van der Waals surface area contributed by atoms with Crippen molar-refractivity contribution in [2.75, 3.05) is 24.6 Å². The predicted octanol–water partition coefficient (Wildman–Crippen LogP) is 3.73. The van der Waals surface area contributed by atoms with Crippen LogP contribution in [0.15, 0.2) is 41.3 Å². The average molecular weight is 464 g/mol. The van der Waals surface area contributed by atoms with Crippen LogP contribution in [0.2, 0.25) is 0 Å². The molecule has 0 aromatic carbocycles. The van der Waals surface area contributed by atoms with Gasteiger partial charge in [0, 0.05) is 45.3 Å². The lowest BCUT2D eigenvalue weighted by Crippen LogP contribution is -2.50. The fourth-order valence-electron chi connectivity index (χ4n) is 4.16. The van der Waals surface area contributed by atoms with Gasteiger partial charge in [-0.15, -0.1) is 4.98 Å². The fourth-order valence-corrected chi connectivity index (χ4v) is 4.16. The van der Waals surface area contributed by atoms with Crippen molar-refractivity contribution in [1.29, 1.82) is 0 Å². The van der Waals surface area contributed by atoms with Crippen LogP contribution >= 0.6 is 0 Å². The van der Waals surface area contributed by atoms with E-state index in [-0.39, 0.29) is 23.9 Å². The first-order valence-corrected chi connectivity index (χ1v) is 11.4. The van der Waals surface area contributed by atoms with Crippen LogP contribution in [-0.2, 0) is 11.8 Å². The van der Waals surface area contributed by atoms with Crippen molar-refractivity contribution >= 4 is 22.5 Å². The van der Waals surface area contributed by atoms with Gasteiger partial charge in [-0.1, -0.05) is 6.57 Å². The van der Waals surface area contributed by atoms with Crippen LogP contribution in [0.4, 0.5) is 11.5 Å². The Morgan fingerprint density at radius 2 is 2.06 bits per heavy atom. The molecule has 178 valence electrons. The lowest BCUT2D eigenvalue weighted by Gasteiger charge is -2.39. The number of aromatic nitrogens is 3. The topological polar surface area (TPSA) is 83.1 Å². The number of rotatable bonds is 7. The summed E-state index contributed by atoms with van der Waals surface area (Å²) in [6.45, 7) is 14.9. The van der Waals surface area contributed by atoms with E-state index in [1.54, 1.807) is 42.1 Å². The van der Waals surface area contributed by atoms with Gasteiger partial charge in [0.15, 0.2) is 0 Å². The molecule has 0 N–H and O–H groups in total. The Bertz CT molecular complexity index is 1250. The molecule has 1 fully saturated rings. The predicted molar refractivity (Wildman–Crippen MR) is 130 cm³/mol. The Morgan fingerprint density at radius 3 is 2.74 bits per heavy atom. The Balaban J connectivity index is 1.58. The normalized spacial score (nSPS) is 18.2. The second-order valence-corrected chi connectivity index (χ2v) is 8.46. The molecule has 4 heterocycles. The summed E-state index contributed by atoms with van der Waals surface area (Å²) in [6, 6.07) is 8.64. The first-order valence-electron chi connectivity index (χ1n) is 11.4. The summed E-state index contributed by atoms with van der Waals surface area (Å²) in [5.41, 5.74) is 1.90. The number of ether oxygens (including phenoxy) is 3. The van der Waals surface area contributed by atoms with E-state index in [0.29, 0.717) is 60.3 Å². The highest BCUT2D eigenvalue weighted by molar-refractivity contribution is 5.89. The molecule has 0 unspecified atom stereocenters. The standard InChI is InChI=1S/C25H29N5O4/c1-6-32-21-15-30(12-11-20(21)34-23-10-7-17(14-27-23)33-16(2)3)19-13-24(31)29(5)18-8-9-22(26-4)28-25(18)19/h7-10,13-14,16,20-21H,6,11-12,15H2,1-3,5H3/t20-,21-/m0/s1. The second-order valence-electron chi connectivity index (χ2n) is 8.46. The molecule has 2 atom stereocenters. The maximum Gasteiger partial charge on any atom is 0.270 e. The van der Waals surface area contributed by atoms with Crippen LogP contribution in [0.3, 0.4) is 0 Å². The van der Waals surface area contributed by atoms with Crippen molar-refractivity contribution in [1.82, 2.24) is 14.5 Å². The van der Waals surface area contributed by atoms with Crippen molar-refractivity contribution in [3.63, 3.8) is 0 Å². The van der Waals surface area contributed by atoms with Crippen molar-refractivity contribution in [2.24, 2.45) is 7.05 Å². The number of pyridine rings is 3. The number of fused-ring (bicyclic) bond motifs is 1. The molecular weight excluding hydrogens is 434 g/mol. The van der Waals surface area contributed by atoms with Gasteiger partial charge < -0.3 is 28.5 Å². The molecule has 9 heteroatoms. The number of hydrogen-bond donors (Lipinski definition) is 0. The van der Waals surface area contributed by atoms with Gasteiger partial charge >= 0.3 is 0 Å². The molecule has 3 aromatic rings. The largest absolute Gasteiger partial charge is 0.489 e. The zero-order chi connectivity index (χ0) is 24.2. The minimum absolute atomic E-state index is 0.0754. The second kappa shape index (κ2) is 10.1. The summed E-state index contributed by atoms with van der Waals surface area (Å²) in [5.74, 6) is 1.51. The summed E-state index contributed by atoms with van der Waals surface area (Å²) in [6.07, 6.45) is 1.99. The van der Waals surface area contributed by atoms with Gasteiger partial charge in [-0.05, 0) is 39.0 Å². The number of nitrogens with zero attached hydrogens (tertiary/aromatic N) is 5. The molecule has 1 saturated heterocycles. The Labute approximate surface area is 198 Å². The zero-order valence-electron chi connectivity index (χ0n) is 19.9. The van der Waals surface area contributed by atoms with Crippen LogP contribution in [0.5, 0.6) is 11.6 Å². The summed E-state index contributed by atoms with van der Waals surface area (Å²) in [5, 5.41) is 0. The first kappa shape index (κ1) is 23.5. The number of aryl methyl sites for hydroxylation is 1. The highest BCUT2D eigenvalue weighted by Crippen LogP contribution is 2.30. The van der Waals surface area contributed by atoms with Gasteiger partial charge in [0.2, 0.25) is 11.4 Å². The Kier molecular flexibility index (Phi) is 6.98. The molecule has 34 heavy (non-hydrogen) atoms. The van der Waals surface area contributed by atoms with Gasteiger partial charge in [-0.25, -0.2) is 4.98 Å². The van der Waals surface area contributed by atoms with Gasteiger partial charge in [0.05, 0.1) is 23.5 Å². The van der Waals surface area contributed by atoms with E-state index in [9.17, 15) is 4.79 Å². The summed E-state index contributed by atoms with van der Waals surface area (Å²) < 4.78 is 19.4. The van der Waals surface area contributed by atoms with Crippen LogP contribution in [-0.4, -0.2) is 52.5 Å². The van der Waals surface area contributed by atoms with Gasteiger partial charge in [0.25, 0.3) is 11.4 Å². The molecule has 1 aliphatic rings. The molecule has 0 aliphatic carbocycles. The molecule has 9 nitrogen and oxygen atoms in total. The van der Waals surface area contributed by atoms with E-state index in [1.807, 2.05) is 26.8 Å². The molecule has 0 saturated carbocycles. The molecule has 0 bridgehead atoms. The molecule has 1 aliphatic heterocycles. The van der Waals surface area contributed by atoms with Crippen molar-refractivity contribution < 1.29 is 14.2 Å². The third kappa shape index (κ3) is 4.97. The molecule has 0 amide bonds. The summed E-state index contributed by atoms with van der Waals surface area (Å²) in [4.78, 5) is 27.1. The summed E-state index contributed by atoms with van der Waals surface area (Å²) >= 11 is 0. The number of hydrogen-bond acceptors (Lipinski definition) is 7. The highest BCUT2D eigenvalue weighted by atomic mass is 16.5. The molecule has 0 spiro atoms. The molecule has 3 aromatic heterocycles. The first-order chi connectivity index (χ1) is 16.4. The quantitative estimate of drug-likeness (QED) is 0.494. The monoisotopic (exact) mass is 463 g/mol. The van der Waals surface area contributed by atoms with Gasteiger partial charge in [0.1, 0.15) is 18.0 Å². The maximum absolute atomic E-state index is 12.6. The van der Waals surface area contributed by atoms with Crippen LogP contribution in [0.1, 0.15) is 27.2 Å². The van der Waals surface area contributed by atoms with E-state index in [0.717, 1.165) is 0 Å². The Hall–Kier alpha value is -3.64. The SMILES string of the molecule is [C-]#[N+]c1ccc2c(n1)c(N1CC[C@H](Oc3ccc(OC(C)C)cn3)[C@@H](OCC)C1)cc(=O)n2C. The van der Waals surface area contributed by atoms with E-state index < -0.39 is 0 Å². The fraction of sp³-hybridized carbons (Fsp3) is 0.440. The van der Waals surface area contributed by atoms with Crippen LogP contribution < -0.4 is 19.9 Å². The van der Waals surface area contributed by atoms with Crippen molar-refractivity contribution in [3.05, 3.63) is 58.3 Å². The van der Waals surface area contributed by atoms with E-state index in [1.165, 1.54) is 0 Å². The summed E-state index contributed by atoms with van der Waals surface area (Å²) in [7, 11) is 1.71. The Morgan fingerprint density at radius 1 is 1.24 bits per heavy atom. The van der Waals surface area contributed by atoms with Crippen LogP contribution in [0.25, 0.3) is 15.9 Å². The lowest BCUT2D eigenvalue weighted by molar-refractivity contribution is -0.0296. The average Bonchev–Trinajstić information content (AvgIpc) is 2.83. The maximum atomic E-state index is 12.6. The zero-order valence-corrected chi connectivity index (χ0v) is 19.9. The highest BCUT2D eigenvalue weighted by Gasteiger charge is 2.33. The van der Waals surface area contributed by atoms with Crippen molar-refractivity contribution in [3.8, 4) is 11.6 Å². The number of piperidine rings is 1. The van der Waals surface area contributed by atoms with E-state index >= 15 is 0 Å². The lowest BCUT2D eigenvalue weighted by atomic mass is 10.0. The molecule has 4 rings (SSSR count). The van der Waals surface area contributed by atoms with Crippen molar-refractivity contribution in [2.45, 2.75) is 45.5 Å². The smallest absolute Gasteiger partial charge is 0.270 e. The third-order valence-corrected chi connectivity index (χ3v) is 5.74. The molecule has 0 radical (unpaired) electrons. The minimum Gasteiger partial charge on any atom is -0.489 e.